The van der Waals surface area contributed by atoms with Crippen LogP contribution in [0, 0.1) is 6.92 Å². The topological polar surface area (TPSA) is 110 Å². The van der Waals surface area contributed by atoms with Gasteiger partial charge in [-0.25, -0.2) is 9.59 Å². The summed E-state index contributed by atoms with van der Waals surface area (Å²) in [6.45, 7) is 9.31. The monoisotopic (exact) mass is 558 g/mol. The Morgan fingerprint density at radius 1 is 0.951 bits per heavy atom. The van der Waals surface area contributed by atoms with Crippen molar-refractivity contribution in [3.8, 4) is 11.3 Å². The average molecular weight is 559 g/mol. The van der Waals surface area contributed by atoms with Gasteiger partial charge in [0.25, 0.3) is 0 Å². The summed E-state index contributed by atoms with van der Waals surface area (Å²) in [5.74, 6) is -2.41. The van der Waals surface area contributed by atoms with Gasteiger partial charge in [-0.05, 0) is 26.8 Å². The number of ether oxygens (including phenoxy) is 2. The predicted molar refractivity (Wildman–Crippen MR) is 154 cm³/mol. The maximum Gasteiger partial charge on any atom is 0.336 e. The Kier molecular flexibility index (Phi) is 8.10. The minimum absolute atomic E-state index is 0.0370. The molecule has 0 saturated carbocycles. The van der Waals surface area contributed by atoms with Gasteiger partial charge in [-0.15, -0.1) is 0 Å². The lowest BCUT2D eigenvalue weighted by Crippen LogP contribution is -2.42. The highest BCUT2D eigenvalue weighted by molar-refractivity contribution is 6.00. The third-order valence-electron chi connectivity index (χ3n) is 8.07. The molecule has 0 spiro atoms. The van der Waals surface area contributed by atoms with E-state index in [1.807, 2.05) is 42.2 Å². The summed E-state index contributed by atoms with van der Waals surface area (Å²) in [5, 5.41) is 10.9. The van der Waals surface area contributed by atoms with Crippen molar-refractivity contribution in [1.29, 1.82) is 0 Å². The van der Waals surface area contributed by atoms with Crippen LogP contribution >= 0.6 is 0 Å². The van der Waals surface area contributed by atoms with Gasteiger partial charge in [0.15, 0.2) is 5.43 Å². The lowest BCUT2D eigenvalue weighted by molar-refractivity contribution is -0.136. The summed E-state index contributed by atoms with van der Waals surface area (Å²) >= 11 is 0. The van der Waals surface area contributed by atoms with Crippen LogP contribution in [0.2, 0.25) is 0 Å². The molecule has 0 radical (unpaired) electrons. The zero-order valence-electron chi connectivity index (χ0n) is 23.7. The molecule has 3 heterocycles. The second-order valence-electron chi connectivity index (χ2n) is 10.3. The first kappa shape index (κ1) is 28.3. The van der Waals surface area contributed by atoms with E-state index in [1.54, 1.807) is 32.0 Å². The quantitative estimate of drug-likeness (QED) is 0.425. The number of morpholine rings is 1. The fraction of sp³-hybridized carbons (Fsp3) is 0.344. The van der Waals surface area contributed by atoms with Crippen LogP contribution in [-0.2, 0) is 19.1 Å². The number of carboxylic acids is 1. The molecule has 214 valence electrons. The molecule has 1 N–H and O–H groups in total. The summed E-state index contributed by atoms with van der Waals surface area (Å²) in [5.41, 5.74) is 2.99. The number of nitrogens with zero attached hydrogens (tertiary/aromatic N) is 2. The summed E-state index contributed by atoms with van der Waals surface area (Å²) < 4.78 is 17.1. The highest BCUT2D eigenvalue weighted by Crippen LogP contribution is 2.44. The van der Waals surface area contributed by atoms with E-state index in [4.69, 9.17) is 13.9 Å². The summed E-state index contributed by atoms with van der Waals surface area (Å²) in [7, 11) is 1.28. The Hall–Kier alpha value is -4.21. The second kappa shape index (κ2) is 11.7. The molecule has 1 fully saturated rings. The highest BCUT2D eigenvalue weighted by Gasteiger charge is 2.41. The van der Waals surface area contributed by atoms with Crippen molar-refractivity contribution < 1.29 is 28.6 Å². The highest BCUT2D eigenvalue weighted by atomic mass is 16.5. The van der Waals surface area contributed by atoms with Crippen molar-refractivity contribution in [3.05, 3.63) is 92.4 Å². The van der Waals surface area contributed by atoms with E-state index in [0.717, 1.165) is 18.7 Å². The minimum atomic E-state index is -1.16. The van der Waals surface area contributed by atoms with Gasteiger partial charge in [0.2, 0.25) is 0 Å². The Morgan fingerprint density at radius 3 is 2.29 bits per heavy atom. The molecule has 0 bridgehead atoms. The van der Waals surface area contributed by atoms with Crippen LogP contribution in [0.25, 0.3) is 22.3 Å². The molecule has 1 unspecified atom stereocenters. The van der Waals surface area contributed by atoms with Crippen LogP contribution in [0.4, 0.5) is 0 Å². The SMILES string of the molecule is COC(=O)C1=C(C)N(CCN2CCOCC2)C(C)=C(C(=O)O)C1c1cccc2c(=O)c(C)c(-c3ccccc3)oc12. The number of para-hydroxylation sites is 1. The van der Waals surface area contributed by atoms with Gasteiger partial charge in [0.1, 0.15) is 11.3 Å². The third kappa shape index (κ3) is 5.18. The second-order valence-corrected chi connectivity index (χ2v) is 10.3. The Morgan fingerprint density at radius 2 is 1.63 bits per heavy atom. The Balaban J connectivity index is 1.71. The fourth-order valence-corrected chi connectivity index (χ4v) is 5.89. The van der Waals surface area contributed by atoms with Gasteiger partial charge in [0.05, 0.1) is 42.8 Å². The van der Waals surface area contributed by atoms with Gasteiger partial charge in [-0.1, -0.05) is 42.5 Å². The number of hydrogen-bond donors (Lipinski definition) is 1. The van der Waals surface area contributed by atoms with E-state index in [0.29, 0.717) is 60.0 Å². The van der Waals surface area contributed by atoms with Crippen molar-refractivity contribution in [1.82, 2.24) is 9.80 Å². The fourth-order valence-electron chi connectivity index (χ4n) is 5.89. The molecule has 3 aromatic rings. The van der Waals surface area contributed by atoms with E-state index in [2.05, 4.69) is 4.90 Å². The molecule has 41 heavy (non-hydrogen) atoms. The number of benzene rings is 2. The number of carboxylic acid groups (broad SMARTS) is 1. The first-order valence-corrected chi connectivity index (χ1v) is 13.7. The number of carbonyl (C=O) groups excluding carboxylic acids is 1. The summed E-state index contributed by atoms with van der Waals surface area (Å²) in [6, 6.07) is 14.4. The van der Waals surface area contributed by atoms with Gasteiger partial charge in [0, 0.05) is 54.3 Å². The largest absolute Gasteiger partial charge is 0.478 e. The van der Waals surface area contributed by atoms with Crippen LogP contribution in [0.1, 0.15) is 30.9 Å². The summed E-state index contributed by atoms with van der Waals surface area (Å²) in [4.78, 5) is 44.0. The zero-order valence-corrected chi connectivity index (χ0v) is 23.7. The molecule has 2 aromatic carbocycles. The molecule has 0 aliphatic carbocycles. The van der Waals surface area contributed by atoms with E-state index in [-0.39, 0.29) is 22.2 Å². The average Bonchev–Trinajstić information content (AvgIpc) is 2.98. The number of allylic oxidation sites excluding steroid dienone is 2. The molecule has 5 rings (SSSR count). The number of aliphatic carboxylic acids is 1. The van der Waals surface area contributed by atoms with E-state index in [9.17, 15) is 19.5 Å². The van der Waals surface area contributed by atoms with Crippen molar-refractivity contribution in [3.63, 3.8) is 0 Å². The molecule has 9 nitrogen and oxygen atoms in total. The minimum Gasteiger partial charge on any atom is -0.478 e. The molecule has 1 saturated heterocycles. The number of carbonyl (C=O) groups is 2. The lowest BCUT2D eigenvalue weighted by atomic mass is 9.79. The van der Waals surface area contributed by atoms with E-state index >= 15 is 0 Å². The standard InChI is InChI=1S/C32H34N2O7/c1-19-28(35)24-12-8-11-23(30(24)41-29(19)22-9-6-5-7-10-22)27-25(31(36)37)20(2)34(21(3)26(27)32(38)39-4)14-13-33-15-17-40-18-16-33/h5-12,27H,13-18H2,1-4H3,(H,36,37). The Labute approximate surface area is 238 Å². The smallest absolute Gasteiger partial charge is 0.336 e. The first-order valence-electron chi connectivity index (χ1n) is 13.7. The zero-order chi connectivity index (χ0) is 29.3. The molecular weight excluding hydrogens is 524 g/mol. The molecule has 1 aromatic heterocycles. The molecule has 0 amide bonds. The van der Waals surface area contributed by atoms with Crippen LogP contribution in [0.5, 0.6) is 0 Å². The predicted octanol–water partition coefficient (Wildman–Crippen LogP) is 4.31. The number of fused-ring (bicyclic) bond motifs is 1. The van der Waals surface area contributed by atoms with Crippen LogP contribution in [-0.4, -0.2) is 73.3 Å². The van der Waals surface area contributed by atoms with E-state index < -0.39 is 17.9 Å². The number of rotatable bonds is 7. The normalized spacial score (nSPS) is 18.2. The van der Waals surface area contributed by atoms with Crippen molar-refractivity contribution in [2.24, 2.45) is 0 Å². The number of esters is 1. The number of methoxy groups -OCH3 is 1. The molecule has 1 atom stereocenters. The maximum absolute atomic E-state index is 13.5. The van der Waals surface area contributed by atoms with Gasteiger partial charge in [-0.3, -0.25) is 9.69 Å². The third-order valence-corrected chi connectivity index (χ3v) is 8.07. The van der Waals surface area contributed by atoms with Gasteiger partial charge in [-0.2, -0.15) is 0 Å². The van der Waals surface area contributed by atoms with Gasteiger partial charge >= 0.3 is 11.9 Å². The van der Waals surface area contributed by atoms with Crippen molar-refractivity contribution in [2.45, 2.75) is 26.7 Å². The Bertz CT molecular complexity index is 1610. The maximum atomic E-state index is 13.5. The summed E-state index contributed by atoms with van der Waals surface area (Å²) in [6.07, 6.45) is 0. The molecular formula is C32H34N2O7. The molecule has 2 aliphatic heterocycles. The van der Waals surface area contributed by atoms with Gasteiger partial charge < -0.3 is 23.9 Å². The van der Waals surface area contributed by atoms with Crippen LogP contribution in [0.15, 0.2) is 80.3 Å². The van der Waals surface area contributed by atoms with Crippen molar-refractivity contribution >= 4 is 22.9 Å². The van der Waals surface area contributed by atoms with Crippen LogP contribution in [0.3, 0.4) is 0 Å². The first-order chi connectivity index (χ1) is 19.7. The van der Waals surface area contributed by atoms with Crippen LogP contribution < -0.4 is 5.43 Å². The number of hydrogen-bond acceptors (Lipinski definition) is 8. The molecule has 9 heteroatoms. The molecule has 2 aliphatic rings. The lowest BCUT2D eigenvalue weighted by Gasteiger charge is -2.38. The van der Waals surface area contributed by atoms with Crippen molar-refractivity contribution in [2.75, 3.05) is 46.5 Å². The van der Waals surface area contributed by atoms with E-state index in [1.165, 1.54) is 7.11 Å².